The molecule has 5 aliphatic heterocycles. The molecule has 5 aliphatic rings. The van der Waals surface area contributed by atoms with Gasteiger partial charge in [-0.3, -0.25) is 15.1 Å². The minimum absolute atomic E-state index is 0.0432. The number of imide groups is 1. The highest BCUT2D eigenvalue weighted by Gasteiger charge is 2.54. The highest BCUT2D eigenvalue weighted by molar-refractivity contribution is 8.00. The molecule has 2 fully saturated rings. The number of phenols is 1. The minimum atomic E-state index is -1.41. The molecular formula is C54H76N4O14S. The summed E-state index contributed by atoms with van der Waals surface area (Å²) < 4.78 is 53.1. The number of phenolic OH excluding ortho intramolecular Hbond substituents is 1. The maximum absolute atomic E-state index is 15.3. The van der Waals surface area contributed by atoms with Crippen LogP contribution in [0.1, 0.15) is 133 Å². The molecule has 402 valence electrons. The molecule has 1 spiro atoms. The second kappa shape index (κ2) is 22.5. The molecule has 73 heavy (non-hydrogen) atoms. The first-order valence-corrected chi connectivity index (χ1v) is 26.2. The first-order valence-electron chi connectivity index (χ1n) is 25.1. The molecule has 2 amide bonds. The van der Waals surface area contributed by atoms with E-state index < -0.39 is 47.1 Å². The van der Waals surface area contributed by atoms with Crippen LogP contribution < -0.4 is 39.1 Å². The number of amides is 2. The molecule has 3 N–H and O–H groups in total. The molecule has 5 unspecified atom stereocenters. The number of methoxy groups -OCH3 is 2. The van der Waals surface area contributed by atoms with Crippen LogP contribution in [0.2, 0.25) is 0 Å². The molecule has 5 heterocycles. The van der Waals surface area contributed by atoms with E-state index in [-0.39, 0.29) is 65.5 Å². The second-order valence-corrected chi connectivity index (χ2v) is 21.7. The lowest BCUT2D eigenvalue weighted by molar-refractivity contribution is -0.155. The van der Waals surface area contributed by atoms with Crippen LogP contribution in [0.5, 0.6) is 40.2 Å². The van der Waals surface area contributed by atoms with Gasteiger partial charge in [0.2, 0.25) is 6.79 Å². The smallest absolute Gasteiger partial charge is 0.504 e. The summed E-state index contributed by atoms with van der Waals surface area (Å²) in [6, 6.07) is 4.00. The number of benzene rings is 3. The van der Waals surface area contributed by atoms with Gasteiger partial charge in [0.15, 0.2) is 40.0 Å². The van der Waals surface area contributed by atoms with E-state index in [9.17, 15) is 19.5 Å². The lowest BCUT2D eigenvalue weighted by atomic mass is 9.77. The Labute approximate surface area is 434 Å². The Kier molecular flexibility index (Phi) is 17.4. The van der Waals surface area contributed by atoms with Crippen molar-refractivity contribution >= 4 is 36.1 Å². The maximum atomic E-state index is 15.3. The van der Waals surface area contributed by atoms with Gasteiger partial charge < -0.3 is 47.7 Å². The number of fused-ring (bicyclic) bond motifs is 9. The van der Waals surface area contributed by atoms with Crippen molar-refractivity contribution in [2.75, 3.05) is 53.5 Å². The number of cyclic esters (lactones) is 1. The maximum Gasteiger partial charge on any atom is 0.514 e. The van der Waals surface area contributed by atoms with Crippen molar-refractivity contribution < 1.29 is 66.9 Å². The molecule has 0 aromatic heterocycles. The number of aryl methyl sites for hydroxylation is 1. The Bertz CT molecular complexity index is 2580. The molecule has 19 heteroatoms. The van der Waals surface area contributed by atoms with Crippen LogP contribution in [-0.4, -0.2) is 121 Å². The fourth-order valence-corrected chi connectivity index (χ4v) is 12.0. The molecule has 2 saturated heterocycles. The number of nitrogens with zero attached hydrogens (tertiary/aromatic N) is 2. The normalized spacial score (nSPS) is 23.3. The molecule has 8 rings (SSSR count). The molecular weight excluding hydrogens is 961 g/mol. The van der Waals surface area contributed by atoms with Gasteiger partial charge >= 0.3 is 24.3 Å². The largest absolute Gasteiger partial charge is 0.514 e. The number of alkyl carbamates (subject to hydrolysis) is 1. The van der Waals surface area contributed by atoms with Crippen molar-refractivity contribution in [2.45, 2.75) is 156 Å². The fraction of sp³-hybridized carbons (Fsp3) is 0.593. The zero-order valence-electron chi connectivity index (χ0n) is 45.6. The summed E-state index contributed by atoms with van der Waals surface area (Å²) in [6.07, 6.45) is -1.82. The fourth-order valence-electron chi connectivity index (χ4n) is 10.6. The zero-order valence-corrected chi connectivity index (χ0v) is 46.4. The van der Waals surface area contributed by atoms with Crippen LogP contribution in [0.15, 0.2) is 18.2 Å². The number of hydrogen-bond acceptors (Lipinski definition) is 18. The highest BCUT2D eigenvalue weighted by Crippen LogP contribution is 2.56. The number of thioether (sulfide) groups is 1. The van der Waals surface area contributed by atoms with E-state index in [0.29, 0.717) is 65.4 Å². The monoisotopic (exact) mass is 1040 g/mol. The van der Waals surface area contributed by atoms with Gasteiger partial charge in [-0.15, -0.1) is 0 Å². The van der Waals surface area contributed by atoms with Crippen molar-refractivity contribution in [1.82, 2.24) is 20.4 Å². The number of rotatable bonds is 5. The Balaban J connectivity index is 0.00000212. The third-order valence-electron chi connectivity index (χ3n) is 13.5. The second-order valence-electron chi connectivity index (χ2n) is 20.3. The van der Waals surface area contributed by atoms with E-state index >= 15 is 4.79 Å². The molecule has 6 atom stereocenters. The third-order valence-corrected chi connectivity index (χ3v) is 14.9. The summed E-state index contributed by atoms with van der Waals surface area (Å²) in [5.74, 6) is 1.42. The van der Waals surface area contributed by atoms with Crippen molar-refractivity contribution in [3.8, 4) is 40.2 Å². The van der Waals surface area contributed by atoms with Gasteiger partial charge in [-0.2, -0.15) is 11.8 Å². The van der Waals surface area contributed by atoms with Crippen LogP contribution in [0.25, 0.3) is 0 Å². The molecule has 18 nitrogen and oxygen atoms in total. The van der Waals surface area contributed by atoms with Crippen LogP contribution in [-0.2, 0) is 37.4 Å². The number of carbonyl (C=O) groups excluding carboxylic acids is 4. The molecule has 3 aromatic rings. The van der Waals surface area contributed by atoms with Crippen LogP contribution in [0, 0.1) is 20.8 Å². The van der Waals surface area contributed by atoms with E-state index in [4.69, 9.17) is 42.6 Å². The summed E-state index contributed by atoms with van der Waals surface area (Å²) in [5.41, 5.74) is 2.43. The lowest BCUT2D eigenvalue weighted by Crippen LogP contribution is -2.65. The van der Waals surface area contributed by atoms with E-state index in [2.05, 4.69) is 40.5 Å². The first kappa shape index (κ1) is 56.7. The average molecular weight is 1040 g/mol. The SMILES string of the molecule is CC.CC.COc1cc2c(cc1OC(=O)OC(C)(C)C)CCN[C@]21CSC(C)C2C3c4c(cc(C)c(OC)c4O)CC(CN2C(c2c(C)c(OC(=O)NC(=O)OC(C)(C)C)c(C)c4c2OCO4)COC1=O)N3C. The van der Waals surface area contributed by atoms with Crippen LogP contribution in [0.3, 0.4) is 0 Å². The Morgan fingerprint density at radius 1 is 0.836 bits per heavy atom. The third kappa shape index (κ3) is 11.2. The number of ether oxygens (including phenoxy) is 9. The summed E-state index contributed by atoms with van der Waals surface area (Å²) >= 11 is 1.59. The number of hydrogen-bond donors (Lipinski definition) is 3. The summed E-state index contributed by atoms with van der Waals surface area (Å²) in [4.78, 5) is 59.0. The van der Waals surface area contributed by atoms with Crippen molar-refractivity contribution in [3.05, 3.63) is 62.7 Å². The van der Waals surface area contributed by atoms with Gasteiger partial charge in [0.1, 0.15) is 23.6 Å². The standard InChI is InChI=1S/C50H64N4O14S.2C2H6/c1-24-16-29-17-30-20-54-32(35-25(2)41(26(3)42-43(35)64-23-63-42)66-45(57)52-46(58)67-48(5,6)7)21-62-44(56)50(22-69-27(4)37(54)38(53(30)11)36(29)39(55)40(24)61-13)31-19-33(60-12)34(18-28(31)14-15-51-50)65-47(59)68-49(8,9)10;2*1-2/h16,18-19,27,30,32,37-38,51,55H,14-15,17,20-23H2,1-13H3,(H,52,57,58);2*1-2H3/t27?,30?,32?,37?,38?,50-;;/m1../s1. The summed E-state index contributed by atoms with van der Waals surface area (Å²) in [7, 11) is 5.09. The predicted octanol–water partition coefficient (Wildman–Crippen LogP) is 9.50. The van der Waals surface area contributed by atoms with Crippen molar-refractivity contribution in [3.63, 3.8) is 0 Å². The van der Waals surface area contributed by atoms with E-state index in [1.807, 2.05) is 34.6 Å². The number of esters is 1. The van der Waals surface area contributed by atoms with Crippen molar-refractivity contribution in [2.24, 2.45) is 0 Å². The minimum Gasteiger partial charge on any atom is -0.504 e. The van der Waals surface area contributed by atoms with Gasteiger partial charge in [-0.25, -0.2) is 24.5 Å². The molecule has 0 aliphatic carbocycles. The Morgan fingerprint density at radius 3 is 2.15 bits per heavy atom. The van der Waals surface area contributed by atoms with Gasteiger partial charge in [-0.1, -0.05) is 40.7 Å². The predicted molar refractivity (Wildman–Crippen MR) is 277 cm³/mol. The quantitative estimate of drug-likeness (QED) is 0.124. The summed E-state index contributed by atoms with van der Waals surface area (Å²) in [6.45, 7) is 26.5. The van der Waals surface area contributed by atoms with E-state index in [0.717, 1.165) is 22.3 Å². The number of piperazine rings is 1. The highest BCUT2D eigenvalue weighted by atomic mass is 32.2. The van der Waals surface area contributed by atoms with E-state index in [1.165, 1.54) is 7.11 Å². The van der Waals surface area contributed by atoms with Gasteiger partial charge in [0, 0.05) is 58.4 Å². The van der Waals surface area contributed by atoms with E-state index in [1.54, 1.807) is 86.4 Å². The topological polar surface area (TPSA) is 202 Å². The number of aromatic hydroxyl groups is 1. The molecule has 0 saturated carbocycles. The zero-order chi connectivity index (χ0) is 54.1. The Morgan fingerprint density at radius 2 is 1.51 bits per heavy atom. The average Bonchev–Trinajstić information content (AvgIpc) is 3.80. The summed E-state index contributed by atoms with van der Waals surface area (Å²) in [5, 5.41) is 17.6. The van der Waals surface area contributed by atoms with Crippen LogP contribution in [0.4, 0.5) is 14.4 Å². The van der Waals surface area contributed by atoms with Crippen molar-refractivity contribution in [1.29, 1.82) is 0 Å². The lowest BCUT2D eigenvalue weighted by Gasteiger charge is -2.58. The Hall–Kier alpha value is -5.63. The number of nitrogens with one attached hydrogen (secondary N) is 2. The van der Waals surface area contributed by atoms with Crippen LogP contribution >= 0.6 is 11.8 Å². The van der Waals surface area contributed by atoms with Gasteiger partial charge in [0.25, 0.3) is 0 Å². The van der Waals surface area contributed by atoms with Gasteiger partial charge in [0.05, 0.1) is 26.3 Å². The number of carbonyl (C=O) groups is 4. The number of likely N-dealkylation sites (N-methyl/N-ethyl adjacent to an activating group) is 1. The van der Waals surface area contributed by atoms with Gasteiger partial charge in [-0.05, 0) is 117 Å². The molecule has 0 radical (unpaired) electrons. The first-order chi connectivity index (χ1) is 34.5. The molecule has 2 bridgehead atoms. The molecule has 3 aromatic carbocycles.